The summed E-state index contributed by atoms with van der Waals surface area (Å²) in [6.07, 6.45) is 0.726. The Labute approximate surface area is 65.8 Å². The van der Waals surface area contributed by atoms with Crippen LogP contribution in [0.15, 0.2) is 0 Å². The van der Waals surface area contributed by atoms with E-state index in [9.17, 15) is 4.79 Å². The van der Waals surface area contributed by atoms with Crippen LogP contribution in [0.5, 0.6) is 0 Å². The van der Waals surface area contributed by atoms with Gasteiger partial charge in [-0.1, -0.05) is 0 Å². The quantitative estimate of drug-likeness (QED) is 0.472. The van der Waals surface area contributed by atoms with Gasteiger partial charge in [-0.05, 0) is 12.9 Å². The molecule has 0 saturated carbocycles. The predicted molar refractivity (Wildman–Crippen MR) is 42.0 cm³/mol. The average molecular weight is 151 g/mol. The summed E-state index contributed by atoms with van der Waals surface area (Å²) in [5.74, 6) is 1.43. The van der Waals surface area contributed by atoms with Gasteiger partial charge < -0.3 is 11.1 Å². The van der Waals surface area contributed by atoms with Gasteiger partial charge in [-0.15, -0.1) is 0 Å². The molecule has 0 aromatic rings. The van der Waals surface area contributed by atoms with Crippen LogP contribution in [0.2, 0.25) is 12.1 Å². The molecule has 1 rings (SSSR count). The van der Waals surface area contributed by atoms with Crippen LogP contribution in [0.3, 0.4) is 0 Å². The molecule has 1 saturated heterocycles. The molecule has 4 nitrogen and oxygen atoms in total. The van der Waals surface area contributed by atoms with Gasteiger partial charge in [-0.2, -0.15) is 0 Å². The zero-order valence-corrected chi connectivity index (χ0v) is 6.21. The minimum atomic E-state index is -0.372. The first-order valence-electron chi connectivity index (χ1n) is 3.65. The Kier molecular flexibility index (Phi) is 2.50. The fraction of sp³-hybridized carbons (Fsp3) is 0.667. The largest absolute Gasteiger partial charge is 0.370 e. The molecule has 1 fully saturated rings. The molecule has 11 heavy (non-hydrogen) atoms. The minimum absolute atomic E-state index is 0.186. The molecule has 3 N–H and O–H groups in total. The highest BCUT2D eigenvalue weighted by Crippen LogP contribution is 2.14. The molecule has 1 heterocycles. The van der Waals surface area contributed by atoms with Crippen LogP contribution >= 0.6 is 0 Å². The molecular formula is C6H10BN3O. The molecular weight excluding hydrogens is 141 g/mol. The maximum atomic E-state index is 10.8. The predicted octanol–water partition coefficient (Wildman–Crippen LogP) is -0.997. The number of carbonyl (C=O) groups is 1. The first-order chi connectivity index (χ1) is 5.25. The molecule has 0 aliphatic carbocycles. The van der Waals surface area contributed by atoms with Crippen LogP contribution in [0.1, 0.15) is 0 Å². The summed E-state index contributed by atoms with van der Waals surface area (Å²) in [6.45, 7) is 1.17. The smallest absolute Gasteiger partial charge is 0.282 e. The second kappa shape index (κ2) is 3.40. The first kappa shape index (κ1) is 8.09. The van der Waals surface area contributed by atoms with Crippen molar-refractivity contribution in [3.8, 4) is 5.97 Å². The van der Waals surface area contributed by atoms with Crippen molar-refractivity contribution in [3.05, 3.63) is 0 Å². The van der Waals surface area contributed by atoms with E-state index in [-0.39, 0.29) is 18.4 Å². The number of primary amides is 1. The van der Waals surface area contributed by atoms with E-state index in [0.717, 1.165) is 12.9 Å². The van der Waals surface area contributed by atoms with E-state index in [2.05, 4.69) is 11.3 Å². The second-order valence-electron chi connectivity index (χ2n) is 2.74. The second-order valence-corrected chi connectivity index (χ2v) is 2.74. The Morgan fingerprint density at radius 1 is 1.82 bits per heavy atom. The number of rotatable bonds is 1. The van der Waals surface area contributed by atoms with E-state index in [1.54, 1.807) is 0 Å². The molecule has 1 amide bonds. The van der Waals surface area contributed by atoms with Gasteiger partial charge in [0, 0.05) is 18.3 Å². The molecule has 1 unspecified atom stereocenters. The molecule has 0 bridgehead atoms. The van der Waals surface area contributed by atoms with E-state index in [4.69, 9.17) is 11.0 Å². The van der Waals surface area contributed by atoms with Crippen molar-refractivity contribution in [2.75, 3.05) is 13.1 Å². The summed E-state index contributed by atoms with van der Waals surface area (Å²) in [5.41, 5.74) is 5.10. The van der Waals surface area contributed by atoms with Crippen molar-refractivity contribution < 1.29 is 4.79 Å². The summed E-state index contributed by atoms with van der Waals surface area (Å²) >= 11 is 0. The Balaban J connectivity index is 2.60. The molecule has 0 radical (unpaired) electrons. The van der Waals surface area contributed by atoms with Gasteiger partial charge in [0.1, 0.15) is 0 Å². The van der Waals surface area contributed by atoms with Gasteiger partial charge >= 0.3 is 0 Å². The van der Waals surface area contributed by atoms with Gasteiger partial charge in [0.05, 0.1) is 0 Å². The van der Waals surface area contributed by atoms with E-state index in [1.165, 1.54) is 0 Å². The van der Waals surface area contributed by atoms with E-state index < -0.39 is 0 Å². The number of amides is 1. The summed E-state index contributed by atoms with van der Waals surface area (Å²) in [5, 5.41) is 11.7. The molecule has 0 aromatic heterocycles. The maximum absolute atomic E-state index is 10.8. The number of nitrogens with one attached hydrogen (secondary N) is 1. The zero-order valence-electron chi connectivity index (χ0n) is 6.21. The van der Waals surface area contributed by atoms with Crippen molar-refractivity contribution in [2.24, 2.45) is 5.73 Å². The highest BCUT2D eigenvalue weighted by atomic mass is 16.1. The van der Waals surface area contributed by atoms with Crippen LogP contribution in [0, 0.1) is 11.2 Å². The first-order valence-corrected chi connectivity index (χ1v) is 3.65. The molecule has 0 spiro atoms. The Bertz CT molecular complexity index is 200. The molecule has 1 atom stereocenters. The zero-order chi connectivity index (χ0) is 8.27. The lowest BCUT2D eigenvalue weighted by Crippen LogP contribution is -2.44. The summed E-state index contributed by atoms with van der Waals surface area (Å²) in [4.78, 5) is 10.8. The van der Waals surface area contributed by atoms with Crippen LogP contribution in [-0.4, -0.2) is 25.7 Å². The molecule has 1 aliphatic heterocycles. The molecule has 5 heteroatoms. The SMILES string of the molecule is N#CB1CCNCC1C(N)=O. The van der Waals surface area contributed by atoms with E-state index in [0.29, 0.717) is 6.54 Å². The van der Waals surface area contributed by atoms with Crippen molar-refractivity contribution in [1.82, 2.24) is 5.32 Å². The Morgan fingerprint density at radius 2 is 2.55 bits per heavy atom. The Morgan fingerprint density at radius 3 is 3.00 bits per heavy atom. The monoisotopic (exact) mass is 151 g/mol. The topological polar surface area (TPSA) is 78.9 Å². The normalized spacial score (nSPS) is 24.3. The van der Waals surface area contributed by atoms with Crippen molar-refractivity contribution in [2.45, 2.75) is 12.1 Å². The Hall–Kier alpha value is -1.02. The van der Waals surface area contributed by atoms with Gasteiger partial charge in [0.15, 0.2) is 0 Å². The van der Waals surface area contributed by atoms with Gasteiger partial charge in [0.2, 0.25) is 5.91 Å². The molecule has 1 aliphatic rings. The maximum Gasteiger partial charge on any atom is 0.282 e. The summed E-state index contributed by atoms with van der Waals surface area (Å²) < 4.78 is 0. The lowest BCUT2D eigenvalue weighted by atomic mass is 9.39. The standard InChI is InChI=1S/C6H10BN3O/c8-4-7-1-2-10-3-5(7)6(9)11/h5,10H,1-3H2,(H2,9,11). The number of hydrogen-bond donors (Lipinski definition) is 2. The number of carbonyl (C=O) groups excluding carboxylic acids is 1. The number of nitrogens with two attached hydrogens (primary N) is 1. The third kappa shape index (κ3) is 1.72. The highest BCUT2D eigenvalue weighted by molar-refractivity contribution is 6.72. The van der Waals surface area contributed by atoms with Crippen LogP contribution in [0.4, 0.5) is 0 Å². The third-order valence-corrected chi connectivity index (χ3v) is 2.01. The molecule has 58 valence electrons. The van der Waals surface area contributed by atoms with E-state index >= 15 is 0 Å². The van der Waals surface area contributed by atoms with Gasteiger partial charge in [-0.3, -0.25) is 4.79 Å². The lowest BCUT2D eigenvalue weighted by Gasteiger charge is -2.21. The number of nitrogens with zero attached hydrogens (tertiary/aromatic N) is 1. The van der Waals surface area contributed by atoms with Crippen LogP contribution < -0.4 is 11.1 Å². The van der Waals surface area contributed by atoms with Crippen LogP contribution in [0.25, 0.3) is 0 Å². The van der Waals surface area contributed by atoms with Crippen molar-refractivity contribution in [3.63, 3.8) is 0 Å². The summed E-state index contributed by atoms with van der Waals surface area (Å²) in [6, 6.07) is 0. The van der Waals surface area contributed by atoms with Gasteiger partial charge in [0.25, 0.3) is 6.71 Å². The minimum Gasteiger partial charge on any atom is -0.370 e. The number of nitriles is 1. The number of hydrogen-bond acceptors (Lipinski definition) is 3. The highest BCUT2D eigenvalue weighted by Gasteiger charge is 2.32. The third-order valence-electron chi connectivity index (χ3n) is 2.01. The van der Waals surface area contributed by atoms with E-state index in [1.807, 2.05) is 0 Å². The van der Waals surface area contributed by atoms with Crippen LogP contribution in [-0.2, 0) is 4.79 Å². The van der Waals surface area contributed by atoms with Crippen molar-refractivity contribution in [1.29, 1.82) is 5.26 Å². The fourth-order valence-electron chi connectivity index (χ4n) is 1.31. The van der Waals surface area contributed by atoms with Crippen molar-refractivity contribution >= 4 is 12.6 Å². The molecule has 0 aromatic carbocycles. The summed E-state index contributed by atoms with van der Waals surface area (Å²) in [7, 11) is 0. The lowest BCUT2D eigenvalue weighted by molar-refractivity contribution is -0.118. The fourth-order valence-corrected chi connectivity index (χ4v) is 1.31. The average Bonchev–Trinajstić information content (AvgIpc) is 2.04. The van der Waals surface area contributed by atoms with Gasteiger partial charge in [-0.25, -0.2) is 5.26 Å².